The monoisotopic (exact) mass is 182 g/mol. The molecule has 1 atom stereocenters. The Morgan fingerprint density at radius 1 is 1.54 bits per heavy atom. The summed E-state index contributed by atoms with van der Waals surface area (Å²) in [5.74, 6) is 0.999. The molecule has 0 fully saturated rings. The number of hydrogen-bond donors (Lipinski definition) is 1. The number of rotatable bonds is 5. The van der Waals surface area contributed by atoms with Gasteiger partial charge < -0.3 is 14.6 Å². The van der Waals surface area contributed by atoms with Crippen molar-refractivity contribution in [3.8, 4) is 0 Å². The Balaban J connectivity index is 2.22. The normalized spacial score (nSPS) is 13.5. The maximum absolute atomic E-state index is 5.28. The first-order chi connectivity index (χ1) is 6.20. The maximum atomic E-state index is 5.28. The smallest absolute Gasteiger partial charge is 0.120 e. The fourth-order valence-corrected chi connectivity index (χ4v) is 1.14. The predicted octanol–water partition coefficient (Wildman–Crippen LogP) is 1.49. The Morgan fingerprint density at radius 3 is 2.85 bits per heavy atom. The van der Waals surface area contributed by atoms with Gasteiger partial charge in [0, 0.05) is 13.1 Å². The molecule has 1 rings (SSSR count). The molecule has 0 aliphatic rings. The van der Waals surface area contributed by atoms with Gasteiger partial charge in [-0.15, -0.1) is 0 Å². The van der Waals surface area contributed by atoms with E-state index < -0.39 is 0 Å². The summed E-state index contributed by atoms with van der Waals surface area (Å²) in [6.45, 7) is 4.13. The lowest BCUT2D eigenvalue weighted by Gasteiger charge is -2.14. The Hall–Kier alpha value is -0.800. The molecule has 3 nitrogen and oxygen atoms in total. The van der Waals surface area contributed by atoms with E-state index in [9.17, 15) is 0 Å². The Morgan fingerprint density at radius 2 is 2.31 bits per heavy atom. The van der Waals surface area contributed by atoms with Crippen molar-refractivity contribution in [2.24, 2.45) is 0 Å². The average Bonchev–Trinajstić information content (AvgIpc) is 2.55. The van der Waals surface area contributed by atoms with E-state index in [2.05, 4.69) is 31.2 Å². The van der Waals surface area contributed by atoms with E-state index in [1.807, 2.05) is 12.1 Å². The molecule has 3 heteroatoms. The number of likely N-dealkylation sites (N-methyl/N-ethyl adjacent to an activating group) is 1. The van der Waals surface area contributed by atoms with Crippen LogP contribution >= 0.6 is 0 Å². The molecule has 1 aromatic heterocycles. The van der Waals surface area contributed by atoms with Crippen molar-refractivity contribution in [3.05, 3.63) is 24.2 Å². The van der Waals surface area contributed by atoms with Gasteiger partial charge in [-0.3, -0.25) is 0 Å². The first-order valence-corrected chi connectivity index (χ1v) is 4.61. The molecule has 0 aromatic carbocycles. The fraction of sp³-hybridized carbons (Fsp3) is 0.600. The Kier molecular flexibility index (Phi) is 3.99. The standard InChI is InChI=1S/C10H18N2O/c1-9(10-5-4-8-13-10)11-6-7-12(2)3/h4-5,8-9,11H,6-7H2,1-3H3/t9-/m1/s1. The summed E-state index contributed by atoms with van der Waals surface area (Å²) in [6.07, 6.45) is 1.71. The molecule has 0 aliphatic heterocycles. The molecule has 0 saturated heterocycles. The van der Waals surface area contributed by atoms with E-state index in [0.717, 1.165) is 18.8 Å². The molecule has 0 amide bonds. The highest BCUT2D eigenvalue weighted by molar-refractivity contribution is 5.02. The van der Waals surface area contributed by atoms with E-state index >= 15 is 0 Å². The van der Waals surface area contributed by atoms with E-state index in [4.69, 9.17) is 4.42 Å². The second kappa shape index (κ2) is 5.04. The molecular weight excluding hydrogens is 164 g/mol. The Bertz CT molecular complexity index is 219. The van der Waals surface area contributed by atoms with Crippen LogP contribution < -0.4 is 5.32 Å². The van der Waals surface area contributed by atoms with Gasteiger partial charge in [-0.2, -0.15) is 0 Å². The van der Waals surface area contributed by atoms with Crippen LogP contribution in [0, 0.1) is 0 Å². The lowest BCUT2D eigenvalue weighted by Crippen LogP contribution is -2.28. The van der Waals surface area contributed by atoms with Crippen molar-refractivity contribution in [2.75, 3.05) is 27.2 Å². The van der Waals surface area contributed by atoms with Crippen molar-refractivity contribution < 1.29 is 4.42 Å². The van der Waals surface area contributed by atoms with Crippen LogP contribution in [-0.4, -0.2) is 32.1 Å². The van der Waals surface area contributed by atoms with Gasteiger partial charge in [0.15, 0.2) is 0 Å². The fourth-order valence-electron chi connectivity index (χ4n) is 1.14. The van der Waals surface area contributed by atoms with E-state index in [0.29, 0.717) is 6.04 Å². The molecule has 13 heavy (non-hydrogen) atoms. The summed E-state index contributed by atoms with van der Waals surface area (Å²) in [6, 6.07) is 4.21. The van der Waals surface area contributed by atoms with Gasteiger partial charge >= 0.3 is 0 Å². The molecule has 74 valence electrons. The topological polar surface area (TPSA) is 28.4 Å². The summed E-state index contributed by atoms with van der Waals surface area (Å²) in [5, 5.41) is 3.38. The van der Waals surface area contributed by atoms with Crippen LogP contribution in [0.3, 0.4) is 0 Å². The van der Waals surface area contributed by atoms with E-state index in [-0.39, 0.29) is 0 Å². The van der Waals surface area contributed by atoms with Gasteiger partial charge in [0.2, 0.25) is 0 Å². The van der Waals surface area contributed by atoms with Crippen LogP contribution in [0.25, 0.3) is 0 Å². The SMILES string of the molecule is C[C@@H](NCCN(C)C)c1ccco1. The number of nitrogens with one attached hydrogen (secondary N) is 1. The average molecular weight is 182 g/mol. The predicted molar refractivity (Wildman–Crippen MR) is 53.7 cm³/mol. The molecule has 0 saturated carbocycles. The number of nitrogens with zero attached hydrogens (tertiary/aromatic N) is 1. The minimum Gasteiger partial charge on any atom is -0.468 e. The van der Waals surface area contributed by atoms with Crippen LogP contribution in [0.2, 0.25) is 0 Å². The summed E-state index contributed by atoms with van der Waals surface area (Å²) in [5.41, 5.74) is 0. The maximum Gasteiger partial charge on any atom is 0.120 e. The molecule has 1 aromatic rings. The van der Waals surface area contributed by atoms with Crippen LogP contribution in [0.15, 0.2) is 22.8 Å². The summed E-state index contributed by atoms with van der Waals surface area (Å²) in [4.78, 5) is 2.15. The first-order valence-electron chi connectivity index (χ1n) is 4.61. The molecule has 0 radical (unpaired) electrons. The van der Waals surface area contributed by atoms with Gasteiger partial charge in [0.25, 0.3) is 0 Å². The second-order valence-electron chi connectivity index (χ2n) is 3.49. The largest absolute Gasteiger partial charge is 0.468 e. The van der Waals surface area contributed by atoms with Gasteiger partial charge in [-0.25, -0.2) is 0 Å². The highest BCUT2D eigenvalue weighted by Gasteiger charge is 2.05. The number of furan rings is 1. The lowest BCUT2D eigenvalue weighted by molar-refractivity contribution is 0.371. The van der Waals surface area contributed by atoms with Gasteiger partial charge in [0.1, 0.15) is 5.76 Å². The first kappa shape index (κ1) is 10.3. The van der Waals surface area contributed by atoms with Crippen LogP contribution in [0.4, 0.5) is 0 Å². The molecule has 0 unspecified atom stereocenters. The van der Waals surface area contributed by atoms with E-state index in [1.54, 1.807) is 6.26 Å². The second-order valence-corrected chi connectivity index (χ2v) is 3.49. The third-order valence-corrected chi connectivity index (χ3v) is 1.98. The van der Waals surface area contributed by atoms with Crippen LogP contribution in [0.5, 0.6) is 0 Å². The quantitative estimate of drug-likeness (QED) is 0.748. The third kappa shape index (κ3) is 3.61. The summed E-state index contributed by atoms with van der Waals surface area (Å²) >= 11 is 0. The molecular formula is C10H18N2O. The number of hydrogen-bond acceptors (Lipinski definition) is 3. The zero-order chi connectivity index (χ0) is 9.68. The molecule has 1 N–H and O–H groups in total. The Labute approximate surface area is 79.7 Å². The minimum atomic E-state index is 0.301. The lowest BCUT2D eigenvalue weighted by atomic mass is 10.2. The highest BCUT2D eigenvalue weighted by atomic mass is 16.3. The van der Waals surface area contributed by atoms with Crippen molar-refractivity contribution in [2.45, 2.75) is 13.0 Å². The summed E-state index contributed by atoms with van der Waals surface area (Å²) in [7, 11) is 4.14. The van der Waals surface area contributed by atoms with Gasteiger partial charge in [0.05, 0.1) is 12.3 Å². The zero-order valence-corrected chi connectivity index (χ0v) is 8.58. The van der Waals surface area contributed by atoms with Crippen molar-refractivity contribution in [1.82, 2.24) is 10.2 Å². The van der Waals surface area contributed by atoms with Crippen molar-refractivity contribution in [1.29, 1.82) is 0 Å². The van der Waals surface area contributed by atoms with Crippen LogP contribution in [-0.2, 0) is 0 Å². The van der Waals surface area contributed by atoms with Gasteiger partial charge in [-0.05, 0) is 33.2 Å². The molecule has 0 spiro atoms. The highest BCUT2D eigenvalue weighted by Crippen LogP contribution is 2.11. The zero-order valence-electron chi connectivity index (χ0n) is 8.58. The van der Waals surface area contributed by atoms with E-state index in [1.165, 1.54) is 0 Å². The molecule has 0 aliphatic carbocycles. The summed E-state index contributed by atoms with van der Waals surface area (Å²) < 4.78 is 5.28. The van der Waals surface area contributed by atoms with Crippen molar-refractivity contribution in [3.63, 3.8) is 0 Å². The van der Waals surface area contributed by atoms with Crippen molar-refractivity contribution >= 4 is 0 Å². The molecule has 1 heterocycles. The third-order valence-electron chi connectivity index (χ3n) is 1.98. The minimum absolute atomic E-state index is 0.301. The van der Waals surface area contributed by atoms with Gasteiger partial charge in [-0.1, -0.05) is 0 Å². The molecule has 0 bridgehead atoms. The van der Waals surface area contributed by atoms with Crippen LogP contribution in [0.1, 0.15) is 18.7 Å².